The average Bonchev–Trinajstić information content (AvgIpc) is 2.35. The number of fused-ring (bicyclic) bond motifs is 1. The number of benzene rings is 2. The van der Waals surface area contributed by atoms with Gasteiger partial charge in [-0.2, -0.15) is 0 Å². The van der Waals surface area contributed by atoms with Gasteiger partial charge in [0.25, 0.3) is 0 Å². The number of rotatable bonds is 2. The minimum absolute atomic E-state index is 0.451. The quantitative estimate of drug-likeness (QED) is 0.568. The van der Waals surface area contributed by atoms with Gasteiger partial charge in [0, 0.05) is 5.39 Å². The van der Waals surface area contributed by atoms with Gasteiger partial charge in [-0.05, 0) is 11.5 Å². The maximum absolute atomic E-state index is 10.9. The molecule has 0 aliphatic rings. The topological polar surface area (TPSA) is 38.7 Å². The number of carbonyl (C=O) groups is 1. The minimum atomic E-state index is -0.451. The van der Waals surface area contributed by atoms with Crippen molar-refractivity contribution < 1.29 is 9.53 Å². The standard InChI is InChI=1S/C13H11NO2/c1-16-13(15)9-14-12-8-4-6-10-5-2-3-7-11(10)12/h2-9H,1H3. The van der Waals surface area contributed by atoms with E-state index in [1.165, 1.54) is 13.3 Å². The number of ether oxygens (including phenoxy) is 1. The smallest absolute Gasteiger partial charge is 0.349 e. The summed E-state index contributed by atoms with van der Waals surface area (Å²) < 4.78 is 4.50. The highest BCUT2D eigenvalue weighted by atomic mass is 16.5. The maximum atomic E-state index is 10.9. The van der Waals surface area contributed by atoms with Gasteiger partial charge in [0.2, 0.25) is 0 Å². The van der Waals surface area contributed by atoms with Crippen LogP contribution in [0.15, 0.2) is 47.5 Å². The lowest BCUT2D eigenvalue weighted by atomic mass is 10.1. The summed E-state index contributed by atoms with van der Waals surface area (Å²) in [6.07, 6.45) is 1.18. The molecular weight excluding hydrogens is 202 g/mol. The van der Waals surface area contributed by atoms with E-state index in [4.69, 9.17) is 0 Å². The lowest BCUT2D eigenvalue weighted by Crippen LogP contribution is -2.00. The van der Waals surface area contributed by atoms with Gasteiger partial charge in [-0.1, -0.05) is 36.4 Å². The monoisotopic (exact) mass is 213 g/mol. The van der Waals surface area contributed by atoms with Crippen molar-refractivity contribution in [3.8, 4) is 0 Å². The van der Waals surface area contributed by atoms with Crippen molar-refractivity contribution in [1.82, 2.24) is 0 Å². The zero-order chi connectivity index (χ0) is 11.4. The van der Waals surface area contributed by atoms with E-state index in [2.05, 4.69) is 9.73 Å². The highest BCUT2D eigenvalue weighted by molar-refractivity contribution is 6.24. The predicted octanol–water partition coefficient (Wildman–Crippen LogP) is 2.72. The first-order chi connectivity index (χ1) is 7.81. The molecule has 2 rings (SSSR count). The normalized spacial score (nSPS) is 10.8. The SMILES string of the molecule is COC(=O)C=Nc1cccc2ccccc12. The molecule has 0 bridgehead atoms. The van der Waals surface area contributed by atoms with Gasteiger partial charge in [0.1, 0.15) is 6.21 Å². The highest BCUT2D eigenvalue weighted by Gasteiger charge is 1.98. The number of aliphatic imine (C=N–C) groups is 1. The molecule has 0 amide bonds. The molecule has 3 heteroatoms. The molecule has 0 fully saturated rings. The Bertz CT molecular complexity index is 541. The van der Waals surface area contributed by atoms with Crippen LogP contribution in [0.4, 0.5) is 5.69 Å². The molecule has 0 saturated carbocycles. The van der Waals surface area contributed by atoms with Crippen LogP contribution >= 0.6 is 0 Å². The molecule has 2 aromatic rings. The average molecular weight is 213 g/mol. The Hall–Kier alpha value is -2.16. The highest BCUT2D eigenvalue weighted by Crippen LogP contribution is 2.24. The van der Waals surface area contributed by atoms with Crippen LogP contribution in [0.3, 0.4) is 0 Å². The van der Waals surface area contributed by atoms with Crippen LogP contribution in [0.2, 0.25) is 0 Å². The summed E-state index contributed by atoms with van der Waals surface area (Å²) in [4.78, 5) is 15.1. The summed E-state index contributed by atoms with van der Waals surface area (Å²) in [5.74, 6) is -0.451. The summed E-state index contributed by atoms with van der Waals surface area (Å²) in [6.45, 7) is 0. The molecule has 0 heterocycles. The van der Waals surface area contributed by atoms with E-state index in [0.717, 1.165) is 16.5 Å². The van der Waals surface area contributed by atoms with Crippen molar-refractivity contribution >= 4 is 28.6 Å². The summed E-state index contributed by atoms with van der Waals surface area (Å²) in [7, 11) is 1.33. The Morgan fingerprint density at radius 2 is 1.94 bits per heavy atom. The lowest BCUT2D eigenvalue weighted by molar-refractivity contribution is -0.132. The van der Waals surface area contributed by atoms with Crippen LogP contribution in [-0.2, 0) is 9.53 Å². The summed E-state index contributed by atoms with van der Waals surface area (Å²) in [6, 6.07) is 13.7. The van der Waals surface area contributed by atoms with Gasteiger partial charge in [-0.3, -0.25) is 0 Å². The molecule has 0 atom stereocenters. The molecule has 0 aliphatic carbocycles. The maximum Gasteiger partial charge on any atom is 0.349 e. The van der Waals surface area contributed by atoms with Crippen molar-refractivity contribution in [2.45, 2.75) is 0 Å². The van der Waals surface area contributed by atoms with Crippen molar-refractivity contribution in [3.05, 3.63) is 42.5 Å². The number of methoxy groups -OCH3 is 1. The van der Waals surface area contributed by atoms with Gasteiger partial charge < -0.3 is 4.74 Å². The molecule has 16 heavy (non-hydrogen) atoms. The van der Waals surface area contributed by atoms with Crippen molar-refractivity contribution in [2.75, 3.05) is 7.11 Å². The molecule has 80 valence electrons. The molecule has 0 spiro atoms. The van der Waals surface area contributed by atoms with E-state index < -0.39 is 5.97 Å². The van der Waals surface area contributed by atoms with E-state index in [0.29, 0.717) is 0 Å². The van der Waals surface area contributed by atoms with Crippen molar-refractivity contribution in [3.63, 3.8) is 0 Å². The number of esters is 1. The molecule has 0 unspecified atom stereocenters. The third-order valence-electron chi connectivity index (χ3n) is 2.28. The Balaban J connectivity index is 2.45. The third kappa shape index (κ3) is 2.08. The van der Waals surface area contributed by atoms with Crippen LogP contribution < -0.4 is 0 Å². The van der Waals surface area contributed by atoms with Crippen molar-refractivity contribution in [1.29, 1.82) is 0 Å². The van der Waals surface area contributed by atoms with Gasteiger partial charge in [0.15, 0.2) is 0 Å². The number of carbonyl (C=O) groups excluding carboxylic acids is 1. The van der Waals surface area contributed by atoms with E-state index in [9.17, 15) is 4.79 Å². The molecule has 0 radical (unpaired) electrons. The first kappa shape index (κ1) is 10.4. The fourth-order valence-electron chi connectivity index (χ4n) is 1.50. The molecule has 0 aliphatic heterocycles. The zero-order valence-electron chi connectivity index (χ0n) is 8.88. The molecular formula is C13H11NO2. The number of nitrogens with zero attached hydrogens (tertiary/aromatic N) is 1. The molecule has 0 aromatic heterocycles. The van der Waals surface area contributed by atoms with Crippen LogP contribution in [-0.4, -0.2) is 19.3 Å². The first-order valence-electron chi connectivity index (χ1n) is 4.91. The van der Waals surface area contributed by atoms with Crippen LogP contribution in [0.5, 0.6) is 0 Å². The lowest BCUT2D eigenvalue weighted by Gasteiger charge is -2.00. The zero-order valence-corrected chi connectivity index (χ0v) is 8.88. The predicted molar refractivity (Wildman–Crippen MR) is 64.1 cm³/mol. The fourth-order valence-corrected chi connectivity index (χ4v) is 1.50. The minimum Gasteiger partial charge on any atom is -0.465 e. The Labute approximate surface area is 93.4 Å². The van der Waals surface area contributed by atoms with Gasteiger partial charge >= 0.3 is 5.97 Å². The van der Waals surface area contributed by atoms with Gasteiger partial charge in [-0.25, -0.2) is 9.79 Å². The summed E-state index contributed by atoms with van der Waals surface area (Å²) >= 11 is 0. The third-order valence-corrected chi connectivity index (χ3v) is 2.28. The van der Waals surface area contributed by atoms with Crippen molar-refractivity contribution in [2.24, 2.45) is 4.99 Å². The van der Waals surface area contributed by atoms with Crippen LogP contribution in [0.1, 0.15) is 0 Å². The molecule has 3 nitrogen and oxygen atoms in total. The fraction of sp³-hybridized carbons (Fsp3) is 0.0769. The van der Waals surface area contributed by atoms with Gasteiger partial charge in [-0.15, -0.1) is 0 Å². The van der Waals surface area contributed by atoms with Gasteiger partial charge in [0.05, 0.1) is 12.8 Å². The van der Waals surface area contributed by atoms with E-state index in [1.54, 1.807) is 0 Å². The number of hydrogen-bond donors (Lipinski definition) is 0. The molecule has 0 N–H and O–H groups in total. The Morgan fingerprint density at radius 3 is 2.75 bits per heavy atom. The largest absolute Gasteiger partial charge is 0.465 e. The van der Waals surface area contributed by atoms with Crippen LogP contribution in [0, 0.1) is 0 Å². The van der Waals surface area contributed by atoms with E-state index in [1.807, 2.05) is 42.5 Å². The second kappa shape index (κ2) is 4.57. The first-order valence-corrected chi connectivity index (χ1v) is 4.91. The van der Waals surface area contributed by atoms with Crippen LogP contribution in [0.25, 0.3) is 10.8 Å². The second-order valence-corrected chi connectivity index (χ2v) is 3.28. The Morgan fingerprint density at radius 1 is 1.19 bits per heavy atom. The van der Waals surface area contributed by atoms with E-state index >= 15 is 0 Å². The second-order valence-electron chi connectivity index (χ2n) is 3.28. The summed E-state index contributed by atoms with van der Waals surface area (Å²) in [5.41, 5.74) is 0.767. The summed E-state index contributed by atoms with van der Waals surface area (Å²) in [5, 5.41) is 2.12. The molecule has 0 saturated heterocycles. The molecule has 2 aromatic carbocycles. The Kier molecular flexibility index (Phi) is 2.96. The van der Waals surface area contributed by atoms with E-state index in [-0.39, 0.29) is 0 Å². The number of hydrogen-bond acceptors (Lipinski definition) is 3.